The number of nitrogens with one attached hydrogen (secondary N) is 2. The number of hydrogen-bond donors (Lipinski definition) is 2. The Labute approximate surface area is 125 Å². The first-order valence-electron chi connectivity index (χ1n) is 5.76. The predicted molar refractivity (Wildman–Crippen MR) is 74.9 cm³/mol. The van der Waals surface area contributed by atoms with Gasteiger partial charge in [0.25, 0.3) is 0 Å². The fourth-order valence-corrected chi connectivity index (χ4v) is 1.55. The Kier molecular flexibility index (Phi) is 7.01. The van der Waals surface area contributed by atoms with Gasteiger partial charge in [0.05, 0.1) is 0 Å². The van der Waals surface area contributed by atoms with Crippen LogP contribution in [0.15, 0.2) is 35.7 Å². The number of hydrogen-bond acceptors (Lipinski definition) is 2. The third kappa shape index (κ3) is 4.34. The van der Waals surface area contributed by atoms with Crippen LogP contribution in [0.3, 0.4) is 0 Å². The van der Waals surface area contributed by atoms with Crippen molar-refractivity contribution < 1.29 is 21.1 Å². The van der Waals surface area contributed by atoms with Gasteiger partial charge in [-0.3, -0.25) is 0 Å². The second kappa shape index (κ2) is 7.43. The van der Waals surface area contributed by atoms with Crippen LogP contribution in [0.25, 0.3) is 0 Å². The first-order valence-corrected chi connectivity index (χ1v) is 5.76. The van der Waals surface area contributed by atoms with Crippen LogP contribution in [0.4, 0.5) is 5.69 Å². The van der Waals surface area contributed by atoms with E-state index in [0.29, 0.717) is 0 Å². The SMILES string of the molecule is C=C(Nc1c[c-]c(C)cc1C)/C(C)=C(/C)NC.[W]. The maximum atomic E-state index is 4.06. The summed E-state index contributed by atoms with van der Waals surface area (Å²) in [6.07, 6.45) is 0. The smallest absolute Gasteiger partial charge is 0.0248 e. The Balaban J connectivity index is 0.00000289. The van der Waals surface area contributed by atoms with Gasteiger partial charge in [0.2, 0.25) is 0 Å². The van der Waals surface area contributed by atoms with Gasteiger partial charge in [-0.2, -0.15) is 23.8 Å². The van der Waals surface area contributed by atoms with Gasteiger partial charge in [0, 0.05) is 39.5 Å². The molecule has 1 aromatic rings. The summed E-state index contributed by atoms with van der Waals surface area (Å²) in [5.74, 6) is 0. The molecular weight excluding hydrogens is 392 g/mol. The van der Waals surface area contributed by atoms with Crippen LogP contribution >= 0.6 is 0 Å². The second-order valence-corrected chi connectivity index (χ2v) is 4.32. The first-order chi connectivity index (χ1) is 7.95. The molecule has 2 nitrogen and oxygen atoms in total. The van der Waals surface area contributed by atoms with Crippen LogP contribution in [-0.2, 0) is 21.1 Å². The third-order valence-electron chi connectivity index (χ3n) is 2.98. The van der Waals surface area contributed by atoms with E-state index in [0.717, 1.165) is 28.2 Å². The van der Waals surface area contributed by atoms with E-state index in [4.69, 9.17) is 0 Å². The Morgan fingerprint density at radius 3 is 2.39 bits per heavy atom. The number of allylic oxidation sites excluding steroid dienone is 2. The molecule has 0 aliphatic heterocycles. The molecule has 0 aliphatic rings. The molecule has 3 heteroatoms. The summed E-state index contributed by atoms with van der Waals surface area (Å²) in [7, 11) is 1.91. The maximum Gasteiger partial charge on any atom is 0.0248 e. The molecule has 0 atom stereocenters. The van der Waals surface area contributed by atoms with Gasteiger partial charge in [-0.15, -0.1) is 5.56 Å². The minimum absolute atomic E-state index is 0. The quantitative estimate of drug-likeness (QED) is 0.583. The molecule has 0 saturated carbocycles. The number of aryl methyl sites for hydroxylation is 2. The number of anilines is 1. The average molecular weight is 413 g/mol. The molecule has 18 heavy (non-hydrogen) atoms. The molecule has 0 fully saturated rings. The van der Waals surface area contributed by atoms with Crippen molar-refractivity contribution in [1.82, 2.24) is 5.32 Å². The third-order valence-corrected chi connectivity index (χ3v) is 2.98. The van der Waals surface area contributed by atoms with E-state index >= 15 is 0 Å². The summed E-state index contributed by atoms with van der Waals surface area (Å²) in [6, 6.07) is 7.27. The molecule has 1 aromatic carbocycles. The standard InChI is InChI=1S/C15H21N2.W/c1-10-7-8-15(11(2)9-10)17-14(5)12(3)13(4)16-6;/h8-9,16-17H,5H2,1-4,6H3;/q-1;/b13-12-;. The van der Waals surface area contributed by atoms with E-state index in [2.05, 4.69) is 43.2 Å². The molecule has 0 saturated heterocycles. The summed E-state index contributed by atoms with van der Waals surface area (Å²) in [5.41, 5.74) is 6.58. The average Bonchev–Trinajstić information content (AvgIpc) is 2.30. The molecule has 0 spiro atoms. The van der Waals surface area contributed by atoms with Gasteiger partial charge in [-0.05, 0) is 19.4 Å². The molecular formula is C15H21N2W-. The summed E-state index contributed by atoms with van der Waals surface area (Å²) < 4.78 is 0. The largest absolute Gasteiger partial charge is 0.408 e. The molecule has 0 radical (unpaired) electrons. The van der Waals surface area contributed by atoms with Gasteiger partial charge in [0.1, 0.15) is 0 Å². The van der Waals surface area contributed by atoms with Gasteiger partial charge >= 0.3 is 0 Å². The molecule has 1 rings (SSSR count). The molecule has 0 aromatic heterocycles. The zero-order valence-electron chi connectivity index (χ0n) is 11.8. The zero-order valence-corrected chi connectivity index (χ0v) is 14.7. The van der Waals surface area contributed by atoms with Crippen molar-refractivity contribution in [2.24, 2.45) is 0 Å². The fourth-order valence-electron chi connectivity index (χ4n) is 1.55. The summed E-state index contributed by atoms with van der Waals surface area (Å²) >= 11 is 0. The molecule has 0 aliphatic carbocycles. The predicted octanol–water partition coefficient (Wildman–Crippen LogP) is 3.54. The molecule has 0 heterocycles. The minimum Gasteiger partial charge on any atom is -0.408 e. The Morgan fingerprint density at radius 1 is 1.28 bits per heavy atom. The molecule has 0 amide bonds. The summed E-state index contributed by atoms with van der Waals surface area (Å²) in [6.45, 7) is 12.3. The van der Waals surface area contributed by atoms with Crippen LogP contribution in [0.1, 0.15) is 25.0 Å². The Morgan fingerprint density at radius 2 is 1.89 bits per heavy atom. The number of benzene rings is 1. The van der Waals surface area contributed by atoms with Crippen LogP contribution in [-0.4, -0.2) is 7.05 Å². The number of rotatable bonds is 4. The van der Waals surface area contributed by atoms with Crippen LogP contribution in [0.2, 0.25) is 0 Å². The van der Waals surface area contributed by atoms with E-state index in [-0.39, 0.29) is 21.1 Å². The first kappa shape index (κ1) is 17.0. The molecule has 0 unspecified atom stereocenters. The van der Waals surface area contributed by atoms with E-state index in [1.807, 2.05) is 27.0 Å². The van der Waals surface area contributed by atoms with E-state index < -0.39 is 0 Å². The second-order valence-electron chi connectivity index (χ2n) is 4.32. The van der Waals surface area contributed by atoms with Gasteiger partial charge in [-0.25, -0.2) is 0 Å². The van der Waals surface area contributed by atoms with Gasteiger partial charge in [-0.1, -0.05) is 26.1 Å². The molecule has 98 valence electrons. The minimum atomic E-state index is 0. The van der Waals surface area contributed by atoms with Crippen LogP contribution in [0, 0.1) is 19.9 Å². The summed E-state index contributed by atoms with van der Waals surface area (Å²) in [4.78, 5) is 0. The Bertz CT molecular complexity index is 462. The van der Waals surface area contributed by atoms with Crippen molar-refractivity contribution in [2.75, 3.05) is 12.4 Å². The fraction of sp³-hybridized carbons (Fsp3) is 0.333. The molecule has 2 N–H and O–H groups in total. The van der Waals surface area contributed by atoms with Crippen LogP contribution < -0.4 is 10.6 Å². The normalized spacial score (nSPS) is 11.2. The van der Waals surface area contributed by atoms with Crippen molar-refractivity contribution in [1.29, 1.82) is 0 Å². The monoisotopic (exact) mass is 413 g/mol. The topological polar surface area (TPSA) is 24.1 Å². The maximum absolute atomic E-state index is 4.06. The summed E-state index contributed by atoms with van der Waals surface area (Å²) in [5, 5.41) is 6.45. The van der Waals surface area contributed by atoms with E-state index in [9.17, 15) is 0 Å². The van der Waals surface area contributed by atoms with Crippen molar-refractivity contribution in [2.45, 2.75) is 27.7 Å². The van der Waals surface area contributed by atoms with Crippen molar-refractivity contribution >= 4 is 5.69 Å². The zero-order chi connectivity index (χ0) is 13.0. The molecule has 0 bridgehead atoms. The van der Waals surface area contributed by atoms with Gasteiger partial charge in [0.15, 0.2) is 0 Å². The van der Waals surface area contributed by atoms with Crippen molar-refractivity contribution in [3.63, 3.8) is 0 Å². The van der Waals surface area contributed by atoms with E-state index in [1.165, 1.54) is 5.56 Å². The van der Waals surface area contributed by atoms with E-state index in [1.54, 1.807) is 0 Å². The van der Waals surface area contributed by atoms with Gasteiger partial charge < -0.3 is 10.6 Å². The van der Waals surface area contributed by atoms with Crippen molar-refractivity contribution in [3.05, 3.63) is 52.9 Å². The van der Waals surface area contributed by atoms with Crippen molar-refractivity contribution in [3.8, 4) is 0 Å². The Hall–Kier alpha value is -1.01. The van der Waals surface area contributed by atoms with Crippen LogP contribution in [0.5, 0.6) is 0 Å².